The molecule has 0 aromatic heterocycles. The molecular formula is C38H47NO10. The lowest BCUT2D eigenvalue weighted by atomic mass is 9.42. The summed E-state index contributed by atoms with van der Waals surface area (Å²) in [5.41, 5.74) is -2.28. The van der Waals surface area contributed by atoms with Gasteiger partial charge in [-0.3, -0.25) is 14.4 Å². The van der Waals surface area contributed by atoms with Crippen LogP contribution in [-0.4, -0.2) is 88.3 Å². The lowest BCUT2D eigenvalue weighted by Crippen LogP contribution is -2.70. The van der Waals surface area contributed by atoms with Crippen LogP contribution < -0.4 is 0 Å². The van der Waals surface area contributed by atoms with Crippen molar-refractivity contribution in [2.24, 2.45) is 28.6 Å². The van der Waals surface area contributed by atoms with Crippen LogP contribution >= 0.6 is 0 Å². The van der Waals surface area contributed by atoms with Crippen LogP contribution in [0, 0.1) is 28.6 Å². The van der Waals surface area contributed by atoms with Gasteiger partial charge in [-0.2, -0.15) is 0 Å². The zero-order valence-corrected chi connectivity index (χ0v) is 29.2. The topological polar surface area (TPSA) is 149 Å². The van der Waals surface area contributed by atoms with Gasteiger partial charge in [0.15, 0.2) is 11.9 Å². The van der Waals surface area contributed by atoms with E-state index in [4.69, 9.17) is 18.9 Å². The number of hydrogen-bond acceptors (Lipinski definition) is 10. The number of aliphatic hydroxyl groups is 1. The molecule has 2 saturated heterocycles. The summed E-state index contributed by atoms with van der Waals surface area (Å²) < 4.78 is 24.1. The van der Waals surface area contributed by atoms with Crippen molar-refractivity contribution in [2.75, 3.05) is 13.1 Å². The van der Waals surface area contributed by atoms with Crippen LogP contribution in [0.4, 0.5) is 0 Å². The molecule has 4 aliphatic carbocycles. The van der Waals surface area contributed by atoms with Gasteiger partial charge in [-0.1, -0.05) is 25.0 Å². The number of amides is 1. The molecule has 3 heterocycles. The first-order valence-corrected chi connectivity index (χ1v) is 17.7. The number of cyclic esters (lactones) is 1. The summed E-state index contributed by atoms with van der Waals surface area (Å²) in [4.78, 5) is 66.4. The molecule has 3 aliphatic heterocycles. The Morgan fingerprint density at radius 3 is 2.45 bits per heavy atom. The van der Waals surface area contributed by atoms with Gasteiger partial charge in [0.25, 0.3) is 0 Å². The highest BCUT2D eigenvalue weighted by Gasteiger charge is 2.83. The molecule has 7 aliphatic rings. The second-order valence-electron chi connectivity index (χ2n) is 15.7. The van der Waals surface area contributed by atoms with Crippen molar-refractivity contribution in [3.05, 3.63) is 47.1 Å². The molecule has 7 rings (SSSR count). The third-order valence-corrected chi connectivity index (χ3v) is 13.5. The van der Waals surface area contributed by atoms with Crippen LogP contribution in [0.1, 0.15) is 80.1 Å². The molecule has 4 fully saturated rings. The van der Waals surface area contributed by atoms with Crippen LogP contribution in [-0.2, 0) is 42.9 Å². The summed E-state index contributed by atoms with van der Waals surface area (Å²) in [6, 6.07) is 0. The molecule has 1 N–H and O–H groups in total. The second-order valence-corrected chi connectivity index (χ2v) is 15.7. The minimum atomic E-state index is -1.59. The third-order valence-electron chi connectivity index (χ3n) is 13.5. The Labute approximate surface area is 286 Å². The van der Waals surface area contributed by atoms with Crippen molar-refractivity contribution < 1.29 is 48.0 Å². The molecule has 11 nitrogen and oxygen atoms in total. The van der Waals surface area contributed by atoms with E-state index in [-0.39, 0.29) is 23.6 Å². The molecule has 0 radical (unpaired) electrons. The number of allylic oxidation sites excluding steroid dienone is 1. The zero-order valence-electron chi connectivity index (χ0n) is 29.2. The van der Waals surface area contributed by atoms with Gasteiger partial charge in [0.2, 0.25) is 5.91 Å². The number of esters is 3. The molecule has 11 heteroatoms. The average molecular weight is 678 g/mol. The van der Waals surface area contributed by atoms with Gasteiger partial charge < -0.3 is 29.0 Å². The molecule has 1 spiro atoms. The van der Waals surface area contributed by atoms with Crippen molar-refractivity contribution in [2.45, 2.75) is 116 Å². The van der Waals surface area contributed by atoms with Gasteiger partial charge in [0, 0.05) is 55.5 Å². The van der Waals surface area contributed by atoms with Gasteiger partial charge in [-0.05, 0) is 82.9 Å². The van der Waals surface area contributed by atoms with Crippen molar-refractivity contribution in [1.82, 2.24) is 4.90 Å². The van der Waals surface area contributed by atoms with Crippen LogP contribution in [0.3, 0.4) is 0 Å². The van der Waals surface area contributed by atoms with Gasteiger partial charge in [-0.25, -0.2) is 9.59 Å². The fraction of sp³-hybridized carbons (Fsp3) is 0.658. The molecule has 0 aromatic rings. The number of hydrogen-bond donors (Lipinski definition) is 1. The van der Waals surface area contributed by atoms with Crippen molar-refractivity contribution in [3.63, 3.8) is 0 Å². The standard InChI is InChI=1S/C38H47NO10/c1-20-17-27(47-34(44)21(20)2)22(3)25-18-30(46-23(4)40)37(45)26-19-31-38(49-31)29(48-33(43)12-11-32(42)39-15-7-8-16-39)10-9-28(41)36(38,6)24(26)13-14-35(25,37)5/h9-12,18,22,24,26-27,29-31,45H,7-8,13-17,19H2,1-6H3. The number of ketones is 1. The van der Waals surface area contributed by atoms with Gasteiger partial charge >= 0.3 is 17.9 Å². The number of epoxide rings is 1. The van der Waals surface area contributed by atoms with E-state index >= 15 is 0 Å². The Morgan fingerprint density at radius 2 is 1.78 bits per heavy atom. The summed E-state index contributed by atoms with van der Waals surface area (Å²) >= 11 is 0. The first-order valence-electron chi connectivity index (χ1n) is 17.7. The fourth-order valence-electron chi connectivity index (χ4n) is 10.6. The van der Waals surface area contributed by atoms with E-state index in [0.29, 0.717) is 44.3 Å². The predicted molar refractivity (Wildman–Crippen MR) is 174 cm³/mol. The highest BCUT2D eigenvalue weighted by atomic mass is 16.7. The van der Waals surface area contributed by atoms with Crippen molar-refractivity contribution in [1.29, 1.82) is 0 Å². The van der Waals surface area contributed by atoms with Gasteiger partial charge in [-0.15, -0.1) is 0 Å². The monoisotopic (exact) mass is 677 g/mol. The minimum Gasteiger partial charge on any atom is -0.458 e. The number of ether oxygens (including phenoxy) is 4. The zero-order chi connectivity index (χ0) is 35.3. The van der Waals surface area contributed by atoms with Gasteiger partial charge in [0.1, 0.15) is 23.4 Å². The number of carbonyl (C=O) groups is 5. The van der Waals surface area contributed by atoms with E-state index in [1.807, 2.05) is 33.8 Å². The average Bonchev–Trinajstić information content (AvgIpc) is 3.42. The Balaban J connectivity index is 1.18. The predicted octanol–water partition coefficient (Wildman–Crippen LogP) is 3.69. The Hall–Kier alpha value is -3.57. The Morgan fingerprint density at radius 1 is 1.06 bits per heavy atom. The summed E-state index contributed by atoms with van der Waals surface area (Å²) in [7, 11) is 0. The SMILES string of the molecule is CC(=O)OC1C=C(C(C)C2CC(C)=C(C)C(=O)O2)C2(C)CCC3C(CC4OC45C(OC(=O)C=CC(=O)N4CCCC4)C=CC(=O)C35C)C12O. The molecule has 2 saturated carbocycles. The quantitative estimate of drug-likeness (QED) is 0.145. The van der Waals surface area contributed by atoms with Crippen molar-refractivity contribution in [3.8, 4) is 0 Å². The van der Waals surface area contributed by atoms with E-state index < -0.39 is 70.2 Å². The number of rotatable bonds is 6. The van der Waals surface area contributed by atoms with E-state index in [9.17, 15) is 29.1 Å². The molecule has 1 amide bonds. The second kappa shape index (κ2) is 11.5. The largest absolute Gasteiger partial charge is 0.458 e. The molecule has 11 atom stereocenters. The summed E-state index contributed by atoms with van der Waals surface area (Å²) in [6.07, 6.45) is 8.25. The van der Waals surface area contributed by atoms with E-state index in [1.165, 1.54) is 19.1 Å². The van der Waals surface area contributed by atoms with Crippen LogP contribution in [0.2, 0.25) is 0 Å². The summed E-state index contributed by atoms with van der Waals surface area (Å²) in [5, 5.41) is 13.1. The maximum Gasteiger partial charge on any atom is 0.333 e. The first kappa shape index (κ1) is 33.9. The lowest BCUT2D eigenvalue weighted by Gasteiger charge is -2.61. The normalized spacial score (nSPS) is 42.8. The van der Waals surface area contributed by atoms with Crippen LogP contribution in [0.5, 0.6) is 0 Å². The number of carbonyl (C=O) groups excluding carboxylic acids is 5. The van der Waals surface area contributed by atoms with E-state index in [2.05, 4.69) is 0 Å². The Kier molecular flexibility index (Phi) is 7.95. The summed E-state index contributed by atoms with van der Waals surface area (Å²) in [5.74, 6) is -3.17. The van der Waals surface area contributed by atoms with E-state index in [1.54, 1.807) is 17.9 Å². The van der Waals surface area contributed by atoms with Crippen LogP contribution in [0.25, 0.3) is 0 Å². The molecule has 264 valence electrons. The molecular weight excluding hydrogens is 630 g/mol. The molecule has 49 heavy (non-hydrogen) atoms. The minimum absolute atomic E-state index is 0.167. The molecule has 11 unspecified atom stereocenters. The lowest BCUT2D eigenvalue weighted by molar-refractivity contribution is -0.225. The number of nitrogens with zero attached hydrogens (tertiary/aromatic N) is 1. The number of fused-ring (bicyclic) bond motifs is 4. The summed E-state index contributed by atoms with van der Waals surface area (Å²) in [6.45, 7) is 12.2. The first-order chi connectivity index (χ1) is 23.1. The fourth-order valence-corrected chi connectivity index (χ4v) is 10.6. The van der Waals surface area contributed by atoms with E-state index in [0.717, 1.165) is 30.1 Å². The highest BCUT2D eigenvalue weighted by molar-refractivity contribution is 5.99. The van der Waals surface area contributed by atoms with Crippen LogP contribution in [0.15, 0.2) is 47.1 Å². The molecule has 0 aromatic carbocycles. The third kappa shape index (κ3) is 4.70. The van der Waals surface area contributed by atoms with Gasteiger partial charge in [0.05, 0.1) is 11.5 Å². The van der Waals surface area contributed by atoms with Crippen molar-refractivity contribution >= 4 is 29.6 Å². The molecule has 0 bridgehead atoms. The maximum absolute atomic E-state index is 14.0. The maximum atomic E-state index is 14.0. The number of likely N-dealkylation sites (tertiary alicyclic amines) is 1. The highest BCUT2D eigenvalue weighted by Crippen LogP contribution is 2.74. The Bertz CT molecular complexity index is 1640. The smallest absolute Gasteiger partial charge is 0.333 e.